The molecule has 0 bridgehead atoms. The van der Waals surface area contributed by atoms with E-state index in [-0.39, 0.29) is 22.3 Å². The highest BCUT2D eigenvalue weighted by Crippen LogP contribution is 2.24. The molecule has 21 heavy (non-hydrogen) atoms. The van der Waals surface area contributed by atoms with Crippen LogP contribution in [0.4, 0.5) is 4.39 Å². The molecule has 1 aromatic carbocycles. The van der Waals surface area contributed by atoms with Crippen molar-refractivity contribution in [2.45, 2.75) is 63.6 Å². The van der Waals surface area contributed by atoms with E-state index >= 15 is 0 Å². The molecule has 1 aliphatic rings. The molecule has 0 heterocycles. The fraction of sp³-hybridized carbons (Fsp3) is 0.600. The maximum Gasteiger partial charge on any atom is 0.240 e. The van der Waals surface area contributed by atoms with Crippen molar-refractivity contribution in [2.75, 3.05) is 0 Å². The van der Waals surface area contributed by atoms with Crippen molar-refractivity contribution in [1.82, 2.24) is 10.0 Å². The van der Waals surface area contributed by atoms with E-state index in [9.17, 15) is 12.8 Å². The Hall–Kier alpha value is -0.980. The molecule has 0 unspecified atom stereocenters. The largest absolute Gasteiger partial charge is 0.308 e. The van der Waals surface area contributed by atoms with E-state index in [1.165, 1.54) is 12.1 Å². The molecule has 0 saturated heterocycles. The van der Waals surface area contributed by atoms with Gasteiger partial charge in [-0.3, -0.25) is 0 Å². The summed E-state index contributed by atoms with van der Waals surface area (Å²) in [6.07, 6.45) is 1.75. The Bertz CT molecular complexity index is 632. The second kappa shape index (κ2) is 5.66. The van der Waals surface area contributed by atoms with Gasteiger partial charge in [0.15, 0.2) is 0 Å². The van der Waals surface area contributed by atoms with Crippen LogP contribution in [0.5, 0.6) is 0 Å². The summed E-state index contributed by atoms with van der Waals surface area (Å²) in [4.78, 5) is 0.138. The van der Waals surface area contributed by atoms with E-state index in [0.717, 1.165) is 12.8 Å². The molecule has 0 aromatic heterocycles. The Balaban J connectivity index is 2.29. The molecule has 1 saturated carbocycles. The topological polar surface area (TPSA) is 58.2 Å². The predicted octanol–water partition coefficient (Wildman–Crippen LogP) is 2.46. The summed E-state index contributed by atoms with van der Waals surface area (Å²) >= 11 is 0. The van der Waals surface area contributed by atoms with Crippen LogP contribution in [0.3, 0.4) is 0 Å². The summed E-state index contributed by atoms with van der Waals surface area (Å²) in [5.74, 6) is -0.350. The number of sulfonamides is 1. The summed E-state index contributed by atoms with van der Waals surface area (Å²) in [5, 5.41) is 3.18. The zero-order valence-electron chi connectivity index (χ0n) is 13.0. The van der Waals surface area contributed by atoms with Crippen molar-refractivity contribution in [3.05, 3.63) is 29.1 Å². The summed E-state index contributed by atoms with van der Waals surface area (Å²) in [5.41, 5.74) is 0.557. The molecule has 1 aliphatic carbocycles. The van der Waals surface area contributed by atoms with Gasteiger partial charge in [-0.05, 0) is 58.2 Å². The number of rotatable bonds is 5. The molecule has 2 N–H and O–H groups in total. The normalized spacial score (nSPS) is 16.2. The number of benzene rings is 1. The smallest absolute Gasteiger partial charge is 0.240 e. The van der Waals surface area contributed by atoms with Crippen molar-refractivity contribution in [2.24, 2.45) is 0 Å². The SMILES string of the molecule is Cc1cc(S(=O)(=O)NC2CC2)cc(CNC(C)(C)C)c1F. The zero-order chi connectivity index (χ0) is 15.8. The average molecular weight is 314 g/mol. The predicted molar refractivity (Wildman–Crippen MR) is 81.1 cm³/mol. The molecule has 0 radical (unpaired) electrons. The second-order valence-electron chi connectivity index (χ2n) is 6.71. The third-order valence-corrected chi connectivity index (χ3v) is 4.82. The number of halogens is 1. The third-order valence-electron chi connectivity index (χ3n) is 3.32. The Morgan fingerprint density at radius 2 is 1.90 bits per heavy atom. The third kappa shape index (κ3) is 4.49. The minimum Gasteiger partial charge on any atom is -0.308 e. The van der Waals surface area contributed by atoms with E-state index in [1.54, 1.807) is 6.92 Å². The van der Waals surface area contributed by atoms with Gasteiger partial charge in [-0.2, -0.15) is 0 Å². The van der Waals surface area contributed by atoms with Crippen LogP contribution in [-0.4, -0.2) is 20.0 Å². The van der Waals surface area contributed by atoms with Gasteiger partial charge >= 0.3 is 0 Å². The van der Waals surface area contributed by atoms with Crippen LogP contribution in [0, 0.1) is 12.7 Å². The molecule has 0 amide bonds. The molecule has 4 nitrogen and oxygen atoms in total. The van der Waals surface area contributed by atoms with Crippen LogP contribution in [0.1, 0.15) is 44.7 Å². The maximum absolute atomic E-state index is 14.2. The van der Waals surface area contributed by atoms with Crippen molar-refractivity contribution < 1.29 is 12.8 Å². The van der Waals surface area contributed by atoms with E-state index in [1.807, 2.05) is 20.8 Å². The first-order valence-electron chi connectivity index (χ1n) is 7.15. The van der Waals surface area contributed by atoms with E-state index in [2.05, 4.69) is 10.0 Å². The lowest BCUT2D eigenvalue weighted by atomic mass is 10.1. The van der Waals surface area contributed by atoms with Gasteiger partial charge in [-0.1, -0.05) is 0 Å². The number of hydrogen-bond acceptors (Lipinski definition) is 3. The van der Waals surface area contributed by atoms with Crippen molar-refractivity contribution >= 4 is 10.0 Å². The van der Waals surface area contributed by atoms with E-state index in [4.69, 9.17) is 0 Å². The van der Waals surface area contributed by atoms with Gasteiger partial charge in [0.2, 0.25) is 10.0 Å². The molecule has 6 heteroatoms. The average Bonchev–Trinajstić information content (AvgIpc) is 3.12. The lowest BCUT2D eigenvalue weighted by Gasteiger charge is -2.21. The van der Waals surface area contributed by atoms with E-state index < -0.39 is 10.0 Å². The first-order chi connectivity index (χ1) is 9.58. The summed E-state index contributed by atoms with van der Waals surface area (Å²) in [6, 6.07) is 2.85. The minimum absolute atomic E-state index is 0.0384. The van der Waals surface area contributed by atoms with Gasteiger partial charge in [-0.25, -0.2) is 17.5 Å². The number of aryl methyl sites for hydroxylation is 1. The maximum atomic E-state index is 14.2. The fourth-order valence-corrected chi connectivity index (χ4v) is 3.38. The first-order valence-corrected chi connectivity index (χ1v) is 8.63. The summed E-state index contributed by atoms with van der Waals surface area (Å²) in [6.45, 7) is 7.82. The van der Waals surface area contributed by atoms with Crippen molar-refractivity contribution in [3.63, 3.8) is 0 Å². The monoisotopic (exact) mass is 314 g/mol. The van der Waals surface area contributed by atoms with Gasteiger partial charge in [0.05, 0.1) is 4.90 Å². The molecule has 0 atom stereocenters. The van der Waals surface area contributed by atoms with Crippen LogP contribution < -0.4 is 10.0 Å². The van der Waals surface area contributed by atoms with Crippen LogP contribution in [0.15, 0.2) is 17.0 Å². The first kappa shape index (κ1) is 16.4. The Labute approximate surface area is 126 Å². The second-order valence-corrected chi connectivity index (χ2v) is 8.43. The number of nitrogens with one attached hydrogen (secondary N) is 2. The lowest BCUT2D eigenvalue weighted by Crippen LogP contribution is -2.35. The lowest BCUT2D eigenvalue weighted by molar-refractivity contribution is 0.418. The molecular formula is C15H23FN2O2S. The van der Waals surface area contributed by atoms with Gasteiger partial charge in [-0.15, -0.1) is 0 Å². The Morgan fingerprint density at radius 3 is 2.43 bits per heavy atom. The van der Waals surface area contributed by atoms with Crippen molar-refractivity contribution in [1.29, 1.82) is 0 Å². The Kier molecular flexibility index (Phi) is 4.42. The fourth-order valence-electron chi connectivity index (χ4n) is 1.94. The molecular weight excluding hydrogens is 291 g/mol. The van der Waals surface area contributed by atoms with Crippen LogP contribution >= 0.6 is 0 Å². The molecule has 1 fully saturated rings. The van der Waals surface area contributed by atoms with Gasteiger partial charge in [0.1, 0.15) is 5.82 Å². The van der Waals surface area contributed by atoms with Gasteiger partial charge < -0.3 is 5.32 Å². The van der Waals surface area contributed by atoms with Crippen molar-refractivity contribution in [3.8, 4) is 0 Å². The van der Waals surface area contributed by atoms with Crippen LogP contribution in [-0.2, 0) is 16.6 Å². The van der Waals surface area contributed by atoms with Gasteiger partial charge in [0.25, 0.3) is 0 Å². The highest BCUT2D eigenvalue weighted by Gasteiger charge is 2.28. The molecule has 2 rings (SSSR count). The standard InChI is InChI=1S/C15H23FN2O2S/c1-10-7-13(21(19,20)18-12-5-6-12)8-11(14(10)16)9-17-15(2,3)4/h7-8,12,17-18H,5-6,9H2,1-4H3. The molecule has 118 valence electrons. The van der Waals surface area contributed by atoms with Crippen LogP contribution in [0.2, 0.25) is 0 Å². The minimum atomic E-state index is -3.56. The number of hydrogen-bond donors (Lipinski definition) is 2. The van der Waals surface area contributed by atoms with Gasteiger partial charge in [0, 0.05) is 23.7 Å². The summed E-state index contributed by atoms with van der Waals surface area (Å²) in [7, 11) is -3.56. The Morgan fingerprint density at radius 1 is 1.29 bits per heavy atom. The quantitative estimate of drug-likeness (QED) is 0.878. The highest BCUT2D eigenvalue weighted by atomic mass is 32.2. The highest BCUT2D eigenvalue weighted by molar-refractivity contribution is 7.89. The van der Waals surface area contributed by atoms with E-state index in [0.29, 0.717) is 17.7 Å². The van der Waals surface area contributed by atoms with Crippen LogP contribution in [0.25, 0.3) is 0 Å². The zero-order valence-corrected chi connectivity index (χ0v) is 13.8. The molecule has 0 spiro atoms. The summed E-state index contributed by atoms with van der Waals surface area (Å²) < 4.78 is 41.3. The molecule has 0 aliphatic heterocycles. The molecule has 1 aromatic rings.